The van der Waals surface area contributed by atoms with Crippen LogP contribution in [0.2, 0.25) is 0 Å². The van der Waals surface area contributed by atoms with Gasteiger partial charge in [-0.25, -0.2) is 4.98 Å². The van der Waals surface area contributed by atoms with Crippen molar-refractivity contribution in [3.8, 4) is 0 Å². The summed E-state index contributed by atoms with van der Waals surface area (Å²) in [6.45, 7) is 0.383. The van der Waals surface area contributed by atoms with E-state index in [4.69, 9.17) is 0 Å². The normalized spacial score (nSPS) is 10.5. The molecule has 19 heavy (non-hydrogen) atoms. The van der Waals surface area contributed by atoms with Gasteiger partial charge in [-0.2, -0.15) is 0 Å². The predicted molar refractivity (Wildman–Crippen MR) is 71.4 cm³/mol. The van der Waals surface area contributed by atoms with Crippen molar-refractivity contribution in [3.05, 3.63) is 60.7 Å². The number of imidazole rings is 1. The Labute approximate surface area is 109 Å². The lowest BCUT2D eigenvalue weighted by atomic mass is 10.3. The van der Waals surface area contributed by atoms with Crippen LogP contribution in [-0.4, -0.2) is 20.4 Å². The van der Waals surface area contributed by atoms with Crippen molar-refractivity contribution >= 4 is 16.9 Å². The van der Waals surface area contributed by atoms with Gasteiger partial charge in [0.15, 0.2) is 0 Å². The molecule has 0 aliphatic rings. The summed E-state index contributed by atoms with van der Waals surface area (Å²) in [7, 11) is 0. The highest BCUT2D eigenvalue weighted by Crippen LogP contribution is 2.10. The number of aromatic nitrogens is 3. The number of pyridine rings is 1. The van der Waals surface area contributed by atoms with Crippen LogP contribution in [0, 0.1) is 0 Å². The molecule has 3 aromatic rings. The van der Waals surface area contributed by atoms with Crippen LogP contribution in [0.25, 0.3) is 11.0 Å². The van der Waals surface area contributed by atoms with Gasteiger partial charge in [-0.3, -0.25) is 9.78 Å². The Balaban J connectivity index is 1.75. The molecule has 94 valence electrons. The van der Waals surface area contributed by atoms with Crippen LogP contribution >= 0.6 is 0 Å². The lowest BCUT2D eigenvalue weighted by Gasteiger charge is -2.06. The fourth-order valence-electron chi connectivity index (χ4n) is 1.89. The van der Waals surface area contributed by atoms with Crippen molar-refractivity contribution in [1.29, 1.82) is 0 Å². The fraction of sp³-hybridized carbons (Fsp3) is 0.0714. The second-order valence-corrected chi connectivity index (χ2v) is 4.11. The third-order valence-corrected chi connectivity index (χ3v) is 2.86. The number of hydrogen-bond donors (Lipinski definition) is 1. The van der Waals surface area contributed by atoms with Crippen molar-refractivity contribution in [1.82, 2.24) is 19.9 Å². The van der Waals surface area contributed by atoms with Gasteiger partial charge in [-0.15, -0.1) is 0 Å². The Morgan fingerprint density at radius 3 is 2.95 bits per heavy atom. The quantitative estimate of drug-likeness (QED) is 0.773. The average molecular weight is 252 g/mol. The number of rotatable bonds is 3. The minimum Gasteiger partial charge on any atom is -0.334 e. The first-order valence-corrected chi connectivity index (χ1v) is 5.93. The molecule has 1 aromatic carbocycles. The molecule has 0 radical (unpaired) electrons. The molecule has 0 fully saturated rings. The Kier molecular flexibility index (Phi) is 2.94. The Bertz CT molecular complexity index is 706. The number of benzene rings is 1. The van der Waals surface area contributed by atoms with Crippen molar-refractivity contribution in [2.24, 2.45) is 0 Å². The SMILES string of the molecule is O=C(NCn1cnc2ccccc21)c1cccnc1. The highest BCUT2D eigenvalue weighted by Gasteiger charge is 2.06. The number of fused-ring (bicyclic) bond motifs is 1. The van der Waals surface area contributed by atoms with Crippen molar-refractivity contribution in [2.45, 2.75) is 6.67 Å². The number of amides is 1. The molecule has 0 saturated carbocycles. The van der Waals surface area contributed by atoms with Gasteiger partial charge in [0.1, 0.15) is 0 Å². The number of carbonyl (C=O) groups is 1. The predicted octanol–water partition coefficient (Wildman–Crippen LogP) is 1.82. The maximum absolute atomic E-state index is 11.9. The Hall–Kier alpha value is -2.69. The molecule has 5 nitrogen and oxygen atoms in total. The first-order valence-electron chi connectivity index (χ1n) is 5.93. The number of nitrogens with one attached hydrogen (secondary N) is 1. The molecular weight excluding hydrogens is 240 g/mol. The van der Waals surface area contributed by atoms with Crippen molar-refractivity contribution in [3.63, 3.8) is 0 Å². The monoisotopic (exact) mass is 252 g/mol. The van der Waals surface area contributed by atoms with Gasteiger partial charge in [0.25, 0.3) is 5.91 Å². The summed E-state index contributed by atoms with van der Waals surface area (Å²) in [6.07, 6.45) is 4.90. The first kappa shape index (κ1) is 11.4. The largest absolute Gasteiger partial charge is 0.334 e. The lowest BCUT2D eigenvalue weighted by molar-refractivity contribution is 0.0942. The molecule has 1 amide bonds. The van der Waals surface area contributed by atoms with E-state index >= 15 is 0 Å². The molecule has 0 atom stereocenters. The van der Waals surface area contributed by atoms with Crippen LogP contribution in [0.4, 0.5) is 0 Å². The summed E-state index contributed by atoms with van der Waals surface area (Å²) in [5, 5.41) is 2.84. The summed E-state index contributed by atoms with van der Waals surface area (Å²) in [6, 6.07) is 11.3. The molecule has 0 unspecified atom stereocenters. The first-order chi connectivity index (χ1) is 9.34. The minimum absolute atomic E-state index is 0.147. The maximum atomic E-state index is 11.9. The Morgan fingerprint density at radius 2 is 2.11 bits per heavy atom. The summed E-state index contributed by atoms with van der Waals surface area (Å²) in [5.74, 6) is -0.147. The van der Waals surface area contributed by atoms with Crippen molar-refractivity contribution in [2.75, 3.05) is 0 Å². The van der Waals surface area contributed by atoms with Gasteiger partial charge in [-0.05, 0) is 24.3 Å². The van der Waals surface area contributed by atoms with E-state index in [0.29, 0.717) is 12.2 Å². The van der Waals surface area contributed by atoms with E-state index in [-0.39, 0.29) is 5.91 Å². The van der Waals surface area contributed by atoms with Gasteiger partial charge in [0.05, 0.1) is 29.6 Å². The zero-order valence-corrected chi connectivity index (χ0v) is 10.2. The molecular formula is C14H12N4O. The summed E-state index contributed by atoms with van der Waals surface area (Å²) in [4.78, 5) is 20.1. The van der Waals surface area contributed by atoms with E-state index in [1.165, 1.54) is 0 Å². The molecule has 0 bridgehead atoms. The van der Waals surface area contributed by atoms with E-state index in [1.54, 1.807) is 30.9 Å². The lowest BCUT2D eigenvalue weighted by Crippen LogP contribution is -2.25. The molecule has 0 spiro atoms. The van der Waals surface area contributed by atoms with Crippen molar-refractivity contribution < 1.29 is 4.79 Å². The van der Waals surface area contributed by atoms with Gasteiger partial charge >= 0.3 is 0 Å². The second-order valence-electron chi connectivity index (χ2n) is 4.11. The van der Waals surface area contributed by atoms with Gasteiger partial charge < -0.3 is 9.88 Å². The van der Waals surface area contributed by atoms with E-state index < -0.39 is 0 Å². The average Bonchev–Trinajstić information content (AvgIpc) is 2.89. The molecule has 3 rings (SSSR count). The molecule has 5 heteroatoms. The summed E-state index contributed by atoms with van der Waals surface area (Å²) in [5.41, 5.74) is 2.46. The third kappa shape index (κ3) is 2.30. The number of nitrogens with zero attached hydrogens (tertiary/aromatic N) is 3. The molecule has 2 heterocycles. The molecule has 2 aromatic heterocycles. The molecule has 0 saturated heterocycles. The van der Waals surface area contributed by atoms with Crippen LogP contribution in [0.5, 0.6) is 0 Å². The van der Waals surface area contributed by atoms with E-state index in [2.05, 4.69) is 15.3 Å². The van der Waals surface area contributed by atoms with Gasteiger partial charge in [0, 0.05) is 12.4 Å². The molecule has 0 aliphatic carbocycles. The zero-order chi connectivity index (χ0) is 13.1. The molecule has 0 aliphatic heterocycles. The number of carbonyl (C=O) groups excluding carboxylic acids is 1. The van der Waals surface area contributed by atoms with E-state index in [1.807, 2.05) is 28.8 Å². The summed E-state index contributed by atoms with van der Waals surface area (Å²) < 4.78 is 1.89. The highest BCUT2D eigenvalue weighted by atomic mass is 16.1. The number of hydrogen-bond acceptors (Lipinski definition) is 3. The topological polar surface area (TPSA) is 59.8 Å². The smallest absolute Gasteiger partial charge is 0.254 e. The second kappa shape index (κ2) is 4.89. The molecule has 1 N–H and O–H groups in total. The van der Waals surface area contributed by atoms with Crippen LogP contribution in [0.15, 0.2) is 55.1 Å². The van der Waals surface area contributed by atoms with E-state index in [9.17, 15) is 4.79 Å². The van der Waals surface area contributed by atoms with Gasteiger partial charge in [-0.1, -0.05) is 12.1 Å². The number of para-hydroxylation sites is 2. The van der Waals surface area contributed by atoms with Crippen LogP contribution in [0.3, 0.4) is 0 Å². The zero-order valence-electron chi connectivity index (χ0n) is 10.2. The van der Waals surface area contributed by atoms with Crippen LogP contribution in [0.1, 0.15) is 10.4 Å². The fourth-order valence-corrected chi connectivity index (χ4v) is 1.89. The maximum Gasteiger partial charge on any atom is 0.254 e. The highest BCUT2D eigenvalue weighted by molar-refractivity contribution is 5.93. The summed E-state index contributed by atoms with van der Waals surface area (Å²) >= 11 is 0. The van der Waals surface area contributed by atoms with Crippen LogP contribution < -0.4 is 5.32 Å². The minimum atomic E-state index is -0.147. The van der Waals surface area contributed by atoms with E-state index in [0.717, 1.165) is 11.0 Å². The third-order valence-electron chi connectivity index (χ3n) is 2.86. The van der Waals surface area contributed by atoms with Gasteiger partial charge in [0.2, 0.25) is 0 Å². The standard InChI is InChI=1S/C14H12N4O/c19-14(11-4-3-7-15-8-11)17-10-18-9-16-12-5-1-2-6-13(12)18/h1-9H,10H2,(H,17,19). The Morgan fingerprint density at radius 1 is 1.21 bits per heavy atom. The van der Waals surface area contributed by atoms with Crippen LogP contribution in [-0.2, 0) is 6.67 Å².